The summed E-state index contributed by atoms with van der Waals surface area (Å²) in [5.74, 6) is -0.229. The third-order valence-electron chi connectivity index (χ3n) is 7.31. The van der Waals surface area contributed by atoms with Crippen molar-refractivity contribution < 1.29 is 19.1 Å². The SMILES string of the molecule is CN(C)C1CCC(NC(=O)c2cc(OCC(=O)Cl)cc(C(=O)NC3CCC(N(C)C)CC3)c2)CC1. The minimum absolute atomic E-state index is 0.0943. The Morgan fingerprint density at radius 2 is 1.17 bits per heavy atom. The first-order chi connectivity index (χ1) is 16.6. The van der Waals surface area contributed by atoms with Crippen LogP contribution in [0, 0.1) is 0 Å². The molecule has 0 bridgehead atoms. The Balaban J connectivity index is 1.68. The molecular weight excluding hydrogens is 468 g/mol. The van der Waals surface area contributed by atoms with Crippen LogP contribution in [0.2, 0.25) is 0 Å². The second-order valence-corrected chi connectivity index (χ2v) is 10.7. The maximum atomic E-state index is 13.1. The largest absolute Gasteiger partial charge is 0.484 e. The van der Waals surface area contributed by atoms with Gasteiger partial charge in [0.25, 0.3) is 17.1 Å². The average molecular weight is 507 g/mol. The minimum atomic E-state index is -0.652. The molecule has 0 aliphatic heterocycles. The zero-order chi connectivity index (χ0) is 25.5. The number of hydrogen-bond acceptors (Lipinski definition) is 6. The highest BCUT2D eigenvalue weighted by molar-refractivity contribution is 6.63. The molecule has 8 nitrogen and oxygen atoms in total. The average Bonchev–Trinajstić information content (AvgIpc) is 2.83. The van der Waals surface area contributed by atoms with E-state index >= 15 is 0 Å². The zero-order valence-corrected chi connectivity index (χ0v) is 22.1. The number of carbonyl (C=O) groups excluding carboxylic acids is 3. The molecule has 2 aliphatic carbocycles. The van der Waals surface area contributed by atoms with Gasteiger partial charge in [0, 0.05) is 35.3 Å². The van der Waals surface area contributed by atoms with Crippen LogP contribution in [0.3, 0.4) is 0 Å². The Morgan fingerprint density at radius 3 is 1.51 bits per heavy atom. The van der Waals surface area contributed by atoms with Gasteiger partial charge in [-0.2, -0.15) is 0 Å². The molecule has 3 rings (SSSR count). The number of halogens is 1. The molecule has 0 radical (unpaired) electrons. The van der Waals surface area contributed by atoms with Crippen LogP contribution >= 0.6 is 11.6 Å². The molecule has 194 valence electrons. The van der Waals surface area contributed by atoms with Gasteiger partial charge < -0.3 is 25.2 Å². The lowest BCUT2D eigenvalue weighted by molar-refractivity contribution is -0.113. The van der Waals surface area contributed by atoms with E-state index in [0.29, 0.717) is 23.2 Å². The maximum Gasteiger partial charge on any atom is 0.259 e. The van der Waals surface area contributed by atoms with Gasteiger partial charge in [-0.05, 0) is 109 Å². The zero-order valence-electron chi connectivity index (χ0n) is 21.3. The van der Waals surface area contributed by atoms with Gasteiger partial charge in [0.2, 0.25) is 0 Å². The minimum Gasteiger partial charge on any atom is -0.484 e. The van der Waals surface area contributed by atoms with Gasteiger partial charge in [0.15, 0.2) is 6.61 Å². The lowest BCUT2D eigenvalue weighted by Gasteiger charge is -2.33. The summed E-state index contributed by atoms with van der Waals surface area (Å²) in [7, 11) is 8.34. The smallest absolute Gasteiger partial charge is 0.259 e. The number of hydrogen-bond donors (Lipinski definition) is 2. The van der Waals surface area contributed by atoms with Gasteiger partial charge in [-0.1, -0.05) is 0 Å². The first-order valence-electron chi connectivity index (χ1n) is 12.5. The van der Waals surface area contributed by atoms with Crippen molar-refractivity contribution in [2.45, 2.75) is 75.5 Å². The molecule has 0 atom stereocenters. The van der Waals surface area contributed by atoms with E-state index < -0.39 is 5.24 Å². The first kappa shape index (κ1) is 27.4. The van der Waals surface area contributed by atoms with E-state index in [1.54, 1.807) is 18.2 Å². The van der Waals surface area contributed by atoms with E-state index in [2.05, 4.69) is 48.6 Å². The number of nitrogens with zero attached hydrogens (tertiary/aromatic N) is 2. The lowest BCUT2D eigenvalue weighted by Crippen LogP contribution is -2.42. The number of ether oxygens (including phenoxy) is 1. The van der Waals surface area contributed by atoms with E-state index in [-0.39, 0.29) is 36.3 Å². The summed E-state index contributed by atoms with van der Waals surface area (Å²) >= 11 is 5.43. The fourth-order valence-electron chi connectivity index (χ4n) is 5.10. The molecule has 2 amide bonds. The van der Waals surface area contributed by atoms with E-state index in [1.807, 2.05) is 0 Å². The lowest BCUT2D eigenvalue weighted by atomic mass is 9.90. The molecule has 0 saturated heterocycles. The van der Waals surface area contributed by atoms with Crippen LogP contribution in [-0.4, -0.2) is 85.8 Å². The summed E-state index contributed by atoms with van der Waals surface area (Å²) in [5, 5.41) is 5.56. The summed E-state index contributed by atoms with van der Waals surface area (Å²) in [6.07, 6.45) is 7.77. The van der Waals surface area contributed by atoms with Crippen molar-refractivity contribution in [1.29, 1.82) is 0 Å². The van der Waals surface area contributed by atoms with Crippen molar-refractivity contribution in [2.24, 2.45) is 0 Å². The molecule has 1 aromatic rings. The first-order valence-corrected chi connectivity index (χ1v) is 12.9. The van der Waals surface area contributed by atoms with Crippen LogP contribution < -0.4 is 15.4 Å². The third-order valence-corrected chi connectivity index (χ3v) is 7.42. The van der Waals surface area contributed by atoms with Gasteiger partial charge in [-0.3, -0.25) is 14.4 Å². The Morgan fingerprint density at radius 1 is 0.771 bits per heavy atom. The Labute approximate surface area is 213 Å². The fraction of sp³-hybridized carbons (Fsp3) is 0.654. The van der Waals surface area contributed by atoms with Gasteiger partial charge in [0.1, 0.15) is 5.75 Å². The predicted octanol–water partition coefficient (Wildman–Crippen LogP) is 3.04. The van der Waals surface area contributed by atoms with E-state index in [9.17, 15) is 14.4 Å². The summed E-state index contributed by atoms with van der Waals surface area (Å²) in [6.45, 7) is -0.337. The molecule has 0 unspecified atom stereocenters. The van der Waals surface area contributed by atoms with E-state index in [1.165, 1.54) is 0 Å². The number of carbonyl (C=O) groups is 3. The number of rotatable bonds is 9. The van der Waals surface area contributed by atoms with Crippen molar-refractivity contribution in [3.63, 3.8) is 0 Å². The van der Waals surface area contributed by atoms with Crippen molar-refractivity contribution >= 4 is 28.7 Å². The molecule has 2 aliphatic rings. The molecule has 35 heavy (non-hydrogen) atoms. The van der Waals surface area contributed by atoms with Crippen LogP contribution in [0.15, 0.2) is 18.2 Å². The van der Waals surface area contributed by atoms with Crippen LogP contribution in [-0.2, 0) is 4.79 Å². The Kier molecular flexibility index (Phi) is 9.95. The second-order valence-electron chi connectivity index (χ2n) is 10.3. The third kappa shape index (κ3) is 8.19. The maximum absolute atomic E-state index is 13.1. The quantitative estimate of drug-likeness (QED) is 0.500. The molecule has 1 aromatic carbocycles. The number of benzene rings is 1. The predicted molar refractivity (Wildman–Crippen MR) is 137 cm³/mol. The van der Waals surface area contributed by atoms with Crippen LogP contribution in [0.1, 0.15) is 72.1 Å². The topological polar surface area (TPSA) is 91.0 Å². The van der Waals surface area contributed by atoms with Crippen molar-refractivity contribution in [3.05, 3.63) is 29.3 Å². The highest BCUT2D eigenvalue weighted by atomic mass is 35.5. The van der Waals surface area contributed by atoms with Crippen molar-refractivity contribution in [3.8, 4) is 5.75 Å². The van der Waals surface area contributed by atoms with Crippen LogP contribution in [0.4, 0.5) is 0 Å². The van der Waals surface area contributed by atoms with Gasteiger partial charge >= 0.3 is 0 Å². The normalized spacial score (nSPS) is 24.8. The molecule has 2 N–H and O–H groups in total. The fourth-order valence-corrected chi connectivity index (χ4v) is 5.15. The van der Waals surface area contributed by atoms with Gasteiger partial charge in [-0.25, -0.2) is 0 Å². The summed E-state index contributed by atoms with van der Waals surface area (Å²) in [5.41, 5.74) is 0.668. The molecule has 0 aromatic heterocycles. The standard InChI is InChI=1S/C26H39ClN4O4/c1-30(2)21-9-5-19(6-10-21)28-25(33)17-13-18(15-23(14-17)35-16-24(27)32)26(34)29-20-7-11-22(12-8-20)31(3)4/h13-15,19-22H,5-12,16H2,1-4H3,(H,28,33)(H,29,34). The molecule has 0 spiro atoms. The highest BCUT2D eigenvalue weighted by Gasteiger charge is 2.26. The molecular formula is C26H39ClN4O4. The van der Waals surface area contributed by atoms with Crippen LogP contribution in [0.25, 0.3) is 0 Å². The van der Waals surface area contributed by atoms with E-state index in [0.717, 1.165) is 51.4 Å². The molecule has 0 heterocycles. The van der Waals surface area contributed by atoms with Crippen molar-refractivity contribution in [2.75, 3.05) is 34.8 Å². The van der Waals surface area contributed by atoms with Crippen LogP contribution in [0.5, 0.6) is 5.75 Å². The molecule has 2 saturated carbocycles. The summed E-state index contributed by atoms with van der Waals surface area (Å²) in [4.78, 5) is 41.8. The van der Waals surface area contributed by atoms with E-state index in [4.69, 9.17) is 16.3 Å². The Bertz CT molecular complexity index is 831. The molecule has 9 heteroatoms. The summed E-state index contributed by atoms with van der Waals surface area (Å²) < 4.78 is 5.46. The summed E-state index contributed by atoms with van der Waals surface area (Å²) in [6, 6.07) is 5.97. The molecule has 2 fully saturated rings. The van der Waals surface area contributed by atoms with Gasteiger partial charge in [0.05, 0.1) is 0 Å². The number of amides is 2. The second kappa shape index (κ2) is 12.7. The van der Waals surface area contributed by atoms with Crippen molar-refractivity contribution in [1.82, 2.24) is 20.4 Å². The monoisotopic (exact) mass is 506 g/mol. The number of nitrogens with one attached hydrogen (secondary N) is 2. The Hall–Kier alpha value is -2.16. The highest BCUT2D eigenvalue weighted by Crippen LogP contribution is 2.25. The van der Waals surface area contributed by atoms with Gasteiger partial charge in [-0.15, -0.1) is 0 Å².